The molecule has 1 fully saturated rings. The number of aryl methyl sites for hydroxylation is 1. The normalized spacial score (nSPS) is 14.1. The summed E-state index contributed by atoms with van der Waals surface area (Å²) in [5, 5.41) is 3.52. The third-order valence-electron chi connectivity index (χ3n) is 5.72. The maximum Gasteiger partial charge on any atom is 0.332 e. The van der Waals surface area contributed by atoms with Crippen molar-refractivity contribution in [1.29, 1.82) is 0 Å². The maximum atomic E-state index is 12.9. The monoisotopic (exact) mass is 455 g/mol. The molecule has 4 rings (SSSR count). The third-order valence-corrected chi connectivity index (χ3v) is 6.69. The predicted octanol–water partition coefficient (Wildman–Crippen LogP) is 2.42. The fraction of sp³-hybridized carbons (Fsp3) is 0.409. The van der Waals surface area contributed by atoms with Crippen molar-refractivity contribution in [3.8, 4) is 5.75 Å². The highest BCUT2D eigenvalue weighted by molar-refractivity contribution is 8.00. The smallest absolute Gasteiger partial charge is 0.332 e. The summed E-state index contributed by atoms with van der Waals surface area (Å²) >= 11 is 1.18. The molecular formula is C22H25N5O4S. The van der Waals surface area contributed by atoms with Gasteiger partial charge in [-0.25, -0.2) is 14.8 Å². The molecule has 1 aromatic carbocycles. The summed E-state index contributed by atoms with van der Waals surface area (Å²) in [7, 11) is 4.61. The second kappa shape index (κ2) is 9.15. The predicted molar refractivity (Wildman–Crippen MR) is 124 cm³/mol. The molecule has 1 amide bonds. The Morgan fingerprint density at radius 3 is 2.47 bits per heavy atom. The van der Waals surface area contributed by atoms with Crippen LogP contribution in [0, 0.1) is 0 Å². The van der Waals surface area contributed by atoms with Crippen molar-refractivity contribution in [2.75, 3.05) is 18.2 Å². The van der Waals surface area contributed by atoms with Crippen LogP contribution in [-0.2, 0) is 18.9 Å². The number of rotatable bonds is 6. The van der Waals surface area contributed by atoms with Crippen molar-refractivity contribution in [3.63, 3.8) is 0 Å². The Bertz CT molecular complexity index is 1280. The molecule has 0 atom stereocenters. The molecule has 0 unspecified atom stereocenters. The fourth-order valence-electron chi connectivity index (χ4n) is 3.92. The Morgan fingerprint density at radius 2 is 1.81 bits per heavy atom. The quantitative estimate of drug-likeness (QED) is 0.449. The van der Waals surface area contributed by atoms with Crippen LogP contribution in [0.15, 0.2) is 38.9 Å². The largest absolute Gasteiger partial charge is 0.497 e. The molecule has 2 aromatic heterocycles. The van der Waals surface area contributed by atoms with Crippen LogP contribution in [0.5, 0.6) is 5.75 Å². The van der Waals surface area contributed by atoms with Crippen LogP contribution in [0.3, 0.4) is 0 Å². The van der Waals surface area contributed by atoms with Gasteiger partial charge in [0.05, 0.1) is 12.9 Å². The van der Waals surface area contributed by atoms with E-state index >= 15 is 0 Å². The van der Waals surface area contributed by atoms with Gasteiger partial charge >= 0.3 is 5.69 Å². The number of aromatic nitrogens is 4. The van der Waals surface area contributed by atoms with Crippen LogP contribution in [0.25, 0.3) is 11.0 Å². The molecule has 0 radical (unpaired) electrons. The number of anilines is 1. The Hall–Kier alpha value is -3.14. The highest BCUT2D eigenvalue weighted by Gasteiger charge is 2.24. The molecule has 0 spiro atoms. The van der Waals surface area contributed by atoms with Crippen LogP contribution in [0.1, 0.15) is 37.4 Å². The zero-order chi connectivity index (χ0) is 22.8. The number of benzene rings is 1. The highest BCUT2D eigenvalue weighted by Crippen LogP contribution is 2.34. The van der Waals surface area contributed by atoms with Crippen LogP contribution < -0.4 is 21.3 Å². The van der Waals surface area contributed by atoms with Crippen LogP contribution in [-0.4, -0.2) is 37.9 Å². The van der Waals surface area contributed by atoms with Crippen molar-refractivity contribution in [3.05, 3.63) is 50.9 Å². The number of nitrogens with one attached hydrogen (secondary N) is 1. The van der Waals surface area contributed by atoms with Gasteiger partial charge in [-0.15, -0.1) is 0 Å². The second-order valence-electron chi connectivity index (χ2n) is 7.84. The number of carbonyl (C=O) groups is 1. The minimum absolute atomic E-state index is 0.0637. The lowest BCUT2D eigenvalue weighted by atomic mass is 10.1. The molecule has 0 saturated heterocycles. The van der Waals surface area contributed by atoms with Crippen LogP contribution >= 0.6 is 11.8 Å². The maximum absolute atomic E-state index is 12.9. The van der Waals surface area contributed by atoms with E-state index in [1.165, 1.54) is 23.4 Å². The summed E-state index contributed by atoms with van der Waals surface area (Å²) in [5.74, 6) is 1.37. The third kappa shape index (κ3) is 4.27. The van der Waals surface area contributed by atoms with Gasteiger partial charge in [0.2, 0.25) is 5.91 Å². The molecule has 1 aliphatic carbocycles. The van der Waals surface area contributed by atoms with Gasteiger partial charge < -0.3 is 10.1 Å². The SMILES string of the molecule is COc1ccc(NC(=O)CSc2nc(C3CCCC3)nc3c2c(=O)n(C)c(=O)n3C)cc1. The second-order valence-corrected chi connectivity index (χ2v) is 8.80. The summed E-state index contributed by atoms with van der Waals surface area (Å²) in [6.45, 7) is 0. The lowest BCUT2D eigenvalue weighted by Gasteiger charge is -2.14. The highest BCUT2D eigenvalue weighted by atomic mass is 32.2. The Labute approximate surface area is 188 Å². The molecule has 0 aliphatic heterocycles. The number of hydrogen-bond donors (Lipinski definition) is 1. The van der Waals surface area contributed by atoms with E-state index < -0.39 is 11.2 Å². The van der Waals surface area contributed by atoms with E-state index in [-0.39, 0.29) is 23.0 Å². The van der Waals surface area contributed by atoms with Crippen molar-refractivity contribution in [2.24, 2.45) is 14.1 Å². The van der Waals surface area contributed by atoms with Gasteiger partial charge in [0.25, 0.3) is 5.56 Å². The average Bonchev–Trinajstić information content (AvgIpc) is 3.35. The molecule has 1 N–H and O–H groups in total. The summed E-state index contributed by atoms with van der Waals surface area (Å²) in [5.41, 5.74) is 0.0628. The van der Waals surface area contributed by atoms with Gasteiger partial charge in [-0.3, -0.25) is 18.7 Å². The Kier molecular flexibility index (Phi) is 6.31. The molecule has 168 valence electrons. The average molecular weight is 456 g/mol. The molecule has 1 aliphatic rings. The minimum atomic E-state index is -0.459. The number of amides is 1. The number of carbonyl (C=O) groups excluding carboxylic acids is 1. The molecule has 9 nitrogen and oxygen atoms in total. The summed E-state index contributed by atoms with van der Waals surface area (Å²) in [6.07, 6.45) is 4.17. The van der Waals surface area contributed by atoms with Gasteiger partial charge in [-0.2, -0.15) is 0 Å². The summed E-state index contributed by atoms with van der Waals surface area (Å²) in [6, 6.07) is 7.04. The first-order valence-corrected chi connectivity index (χ1v) is 11.4. The fourth-order valence-corrected chi connectivity index (χ4v) is 4.74. The first-order chi connectivity index (χ1) is 15.4. The molecule has 1 saturated carbocycles. The van der Waals surface area contributed by atoms with E-state index in [9.17, 15) is 14.4 Å². The lowest BCUT2D eigenvalue weighted by Crippen LogP contribution is -2.38. The van der Waals surface area contributed by atoms with Crippen molar-refractivity contribution < 1.29 is 9.53 Å². The topological polar surface area (TPSA) is 108 Å². The summed E-state index contributed by atoms with van der Waals surface area (Å²) < 4.78 is 7.54. The van der Waals surface area contributed by atoms with E-state index in [1.54, 1.807) is 38.4 Å². The van der Waals surface area contributed by atoms with Gasteiger partial charge in [0, 0.05) is 25.7 Å². The number of fused-ring (bicyclic) bond motifs is 1. The lowest BCUT2D eigenvalue weighted by molar-refractivity contribution is -0.113. The van der Waals surface area contributed by atoms with E-state index in [0.29, 0.717) is 27.9 Å². The minimum Gasteiger partial charge on any atom is -0.497 e. The molecule has 10 heteroatoms. The van der Waals surface area contributed by atoms with Crippen molar-refractivity contribution >= 4 is 34.4 Å². The molecule has 0 bridgehead atoms. The molecule has 2 heterocycles. The van der Waals surface area contributed by atoms with Gasteiger partial charge in [0.1, 0.15) is 22.0 Å². The van der Waals surface area contributed by atoms with Gasteiger partial charge in [0.15, 0.2) is 5.65 Å². The van der Waals surface area contributed by atoms with Crippen LogP contribution in [0.2, 0.25) is 0 Å². The van der Waals surface area contributed by atoms with E-state index in [2.05, 4.69) is 15.3 Å². The van der Waals surface area contributed by atoms with E-state index in [1.807, 2.05) is 0 Å². The zero-order valence-electron chi connectivity index (χ0n) is 18.3. The van der Waals surface area contributed by atoms with Gasteiger partial charge in [-0.1, -0.05) is 24.6 Å². The number of hydrogen-bond acceptors (Lipinski definition) is 7. The Balaban J connectivity index is 1.66. The number of methoxy groups -OCH3 is 1. The molecule has 3 aromatic rings. The Morgan fingerprint density at radius 1 is 1.12 bits per heavy atom. The number of thioether (sulfide) groups is 1. The van der Waals surface area contributed by atoms with Crippen molar-refractivity contribution in [2.45, 2.75) is 36.6 Å². The molecule has 32 heavy (non-hydrogen) atoms. The van der Waals surface area contributed by atoms with E-state index in [4.69, 9.17) is 4.74 Å². The molecular weight excluding hydrogens is 430 g/mol. The standard InChI is InChI=1S/C22H25N5O4S/c1-26-19-17(21(29)27(2)22(26)30)20(25-18(24-19)13-6-4-5-7-13)32-12-16(28)23-14-8-10-15(31-3)11-9-14/h8-11,13H,4-7,12H2,1-3H3,(H,23,28). The number of ether oxygens (including phenoxy) is 1. The zero-order valence-corrected chi connectivity index (χ0v) is 19.1. The summed E-state index contributed by atoms with van der Waals surface area (Å²) in [4.78, 5) is 47.2. The van der Waals surface area contributed by atoms with Crippen LogP contribution in [0.4, 0.5) is 5.69 Å². The van der Waals surface area contributed by atoms with Gasteiger partial charge in [-0.05, 0) is 37.1 Å². The van der Waals surface area contributed by atoms with E-state index in [0.717, 1.165) is 30.3 Å². The first kappa shape index (κ1) is 22.1. The number of nitrogens with zero attached hydrogens (tertiary/aromatic N) is 4. The van der Waals surface area contributed by atoms with Crippen molar-refractivity contribution in [1.82, 2.24) is 19.1 Å². The first-order valence-electron chi connectivity index (χ1n) is 10.4.